The van der Waals surface area contributed by atoms with Crippen molar-refractivity contribution in [3.63, 3.8) is 0 Å². The molecule has 0 unspecified atom stereocenters. The molecule has 3 aromatic rings. The summed E-state index contributed by atoms with van der Waals surface area (Å²) < 4.78 is 16.6. The maximum absolute atomic E-state index is 14.9. The molecule has 7 heteroatoms. The van der Waals surface area contributed by atoms with Crippen molar-refractivity contribution < 1.29 is 14.3 Å². The summed E-state index contributed by atoms with van der Waals surface area (Å²) >= 11 is 0. The van der Waals surface area contributed by atoms with Gasteiger partial charge in [0, 0.05) is 24.7 Å². The van der Waals surface area contributed by atoms with Gasteiger partial charge >= 0.3 is 5.97 Å². The number of nitrogens with two attached hydrogens (primary N) is 1. The first-order valence-corrected chi connectivity index (χ1v) is 10.6. The minimum Gasteiger partial charge on any atom is -0.477 e. The molecular formula is C24H26FN3O3. The van der Waals surface area contributed by atoms with Crippen LogP contribution in [-0.4, -0.2) is 28.2 Å². The predicted molar refractivity (Wildman–Crippen MR) is 119 cm³/mol. The van der Waals surface area contributed by atoms with E-state index < -0.39 is 22.8 Å². The number of aromatic nitrogens is 1. The number of halogens is 1. The molecule has 2 atom stereocenters. The fraction of sp³-hybridized carbons (Fsp3) is 0.333. The highest BCUT2D eigenvalue weighted by Crippen LogP contribution is 2.40. The summed E-state index contributed by atoms with van der Waals surface area (Å²) in [5.41, 5.74) is 6.76. The number of hydrogen-bond donors (Lipinski definition) is 3. The van der Waals surface area contributed by atoms with Gasteiger partial charge in [0.05, 0.1) is 16.6 Å². The normalized spacial score (nSPS) is 17.7. The van der Waals surface area contributed by atoms with Gasteiger partial charge in [-0.25, -0.2) is 9.18 Å². The van der Waals surface area contributed by atoms with E-state index in [0.29, 0.717) is 36.0 Å². The van der Waals surface area contributed by atoms with Crippen LogP contribution in [-0.2, 0) is 13.0 Å². The Bertz CT molecular complexity index is 1190. The van der Waals surface area contributed by atoms with Crippen molar-refractivity contribution in [2.24, 2.45) is 0 Å². The molecule has 31 heavy (non-hydrogen) atoms. The molecule has 2 aromatic carbocycles. The number of nitrogen functional groups attached to an aromatic ring is 1. The minimum absolute atomic E-state index is 0.0650. The van der Waals surface area contributed by atoms with Gasteiger partial charge in [0.1, 0.15) is 11.4 Å². The molecule has 0 radical (unpaired) electrons. The number of carbonyl (C=O) groups is 1. The van der Waals surface area contributed by atoms with Crippen LogP contribution >= 0.6 is 0 Å². The Labute approximate surface area is 179 Å². The van der Waals surface area contributed by atoms with Gasteiger partial charge in [-0.05, 0) is 49.9 Å². The summed E-state index contributed by atoms with van der Waals surface area (Å²) in [6.45, 7) is 3.02. The lowest BCUT2D eigenvalue weighted by atomic mass is 10.0. The molecule has 6 nitrogen and oxygen atoms in total. The van der Waals surface area contributed by atoms with Gasteiger partial charge in [0.2, 0.25) is 5.43 Å². The second kappa shape index (κ2) is 8.51. The van der Waals surface area contributed by atoms with E-state index in [2.05, 4.69) is 17.4 Å². The van der Waals surface area contributed by atoms with Gasteiger partial charge in [-0.2, -0.15) is 0 Å². The molecule has 1 aliphatic carbocycles. The smallest absolute Gasteiger partial charge is 0.341 e. The number of aromatic carboxylic acids is 1. The summed E-state index contributed by atoms with van der Waals surface area (Å²) in [6.07, 6.45) is 3.60. The van der Waals surface area contributed by atoms with Crippen LogP contribution in [0.25, 0.3) is 10.9 Å². The standard InChI is InChI=1S/C24H26FN3O3/c1-2-28-13-17(24(30)31)23(29)20-19(28)11-15(21(25)22(20)26)9-6-10-27-18-12-16(18)14-7-4-3-5-8-14/h3-5,7-8,11,13,16,18,27H,2,6,9-10,12,26H2,1H3,(H,30,31)/t16-,18+/m0/s1. The Kier molecular flexibility index (Phi) is 5.78. The maximum Gasteiger partial charge on any atom is 0.341 e. The number of benzene rings is 2. The molecule has 4 rings (SSSR count). The number of nitrogens with one attached hydrogen (secondary N) is 1. The van der Waals surface area contributed by atoms with Crippen LogP contribution < -0.4 is 16.5 Å². The van der Waals surface area contributed by atoms with E-state index in [1.165, 1.54) is 11.8 Å². The van der Waals surface area contributed by atoms with Crippen LogP contribution in [0.1, 0.15) is 47.2 Å². The SMILES string of the molecule is CCn1cc(C(=O)O)c(=O)c2c(N)c(F)c(CCCN[C@@H]3C[C@H]3c3ccccc3)cc21. The van der Waals surface area contributed by atoms with Gasteiger partial charge in [-0.3, -0.25) is 4.79 Å². The average molecular weight is 423 g/mol. The van der Waals surface area contributed by atoms with E-state index in [1.807, 2.05) is 25.1 Å². The first kappa shape index (κ1) is 21.1. The fourth-order valence-electron chi connectivity index (χ4n) is 4.26. The average Bonchev–Trinajstić information content (AvgIpc) is 3.54. The van der Waals surface area contributed by atoms with Crippen molar-refractivity contribution >= 4 is 22.6 Å². The highest BCUT2D eigenvalue weighted by molar-refractivity contribution is 5.97. The molecule has 1 heterocycles. The zero-order valence-corrected chi connectivity index (χ0v) is 17.4. The Morgan fingerprint density at radius 1 is 1.32 bits per heavy atom. The highest BCUT2D eigenvalue weighted by Gasteiger charge is 2.37. The number of carboxylic acid groups (broad SMARTS) is 1. The molecule has 0 amide bonds. The van der Waals surface area contributed by atoms with Gasteiger partial charge in [-0.1, -0.05) is 30.3 Å². The Morgan fingerprint density at radius 2 is 2.06 bits per heavy atom. The zero-order valence-electron chi connectivity index (χ0n) is 17.4. The van der Waals surface area contributed by atoms with Gasteiger partial charge < -0.3 is 20.7 Å². The van der Waals surface area contributed by atoms with Crippen molar-refractivity contribution in [2.75, 3.05) is 12.3 Å². The van der Waals surface area contributed by atoms with Gasteiger partial charge in [0.15, 0.2) is 0 Å². The second-order valence-electron chi connectivity index (χ2n) is 8.04. The number of anilines is 1. The zero-order chi connectivity index (χ0) is 22.1. The van der Waals surface area contributed by atoms with Crippen LogP contribution in [0.5, 0.6) is 0 Å². The van der Waals surface area contributed by atoms with Crippen LogP contribution in [0.4, 0.5) is 10.1 Å². The summed E-state index contributed by atoms with van der Waals surface area (Å²) in [5, 5.41) is 12.7. The monoisotopic (exact) mass is 423 g/mol. The molecule has 0 saturated heterocycles. The van der Waals surface area contributed by atoms with E-state index in [4.69, 9.17) is 5.73 Å². The Morgan fingerprint density at radius 3 is 2.74 bits per heavy atom. The Balaban J connectivity index is 1.48. The molecule has 1 aliphatic rings. The number of nitrogens with zero attached hydrogens (tertiary/aromatic N) is 1. The third kappa shape index (κ3) is 4.05. The third-order valence-electron chi connectivity index (χ3n) is 6.04. The van der Waals surface area contributed by atoms with Crippen LogP contribution in [0.2, 0.25) is 0 Å². The van der Waals surface area contributed by atoms with Gasteiger partial charge in [0.25, 0.3) is 0 Å². The summed E-state index contributed by atoms with van der Waals surface area (Å²) in [6, 6.07) is 12.5. The number of hydrogen-bond acceptors (Lipinski definition) is 4. The van der Waals surface area contributed by atoms with Crippen molar-refractivity contribution in [3.8, 4) is 0 Å². The maximum atomic E-state index is 14.9. The topological polar surface area (TPSA) is 97.4 Å². The second-order valence-corrected chi connectivity index (χ2v) is 8.04. The lowest BCUT2D eigenvalue weighted by Gasteiger charge is -2.15. The fourth-order valence-corrected chi connectivity index (χ4v) is 4.26. The molecule has 1 saturated carbocycles. The Hall–Kier alpha value is -3.19. The van der Waals surface area contributed by atoms with Crippen LogP contribution in [0.3, 0.4) is 0 Å². The first-order valence-electron chi connectivity index (χ1n) is 10.6. The molecule has 1 aromatic heterocycles. The largest absolute Gasteiger partial charge is 0.477 e. The number of rotatable bonds is 8. The molecule has 0 spiro atoms. The van der Waals surface area contributed by atoms with Crippen molar-refractivity contribution in [1.29, 1.82) is 0 Å². The van der Waals surface area contributed by atoms with Gasteiger partial charge in [-0.15, -0.1) is 0 Å². The van der Waals surface area contributed by atoms with Crippen LogP contribution in [0.15, 0.2) is 47.4 Å². The minimum atomic E-state index is -1.35. The lowest BCUT2D eigenvalue weighted by molar-refractivity contribution is 0.0695. The molecule has 1 fully saturated rings. The number of carboxylic acids is 1. The van der Waals surface area contributed by atoms with E-state index in [0.717, 1.165) is 19.4 Å². The molecule has 0 bridgehead atoms. The summed E-state index contributed by atoms with van der Waals surface area (Å²) in [4.78, 5) is 24.0. The quantitative estimate of drug-likeness (QED) is 0.380. The number of aryl methyl sites for hydroxylation is 2. The first-order chi connectivity index (χ1) is 14.9. The number of pyridine rings is 1. The molecular weight excluding hydrogens is 397 g/mol. The van der Waals surface area contributed by atoms with E-state index in [9.17, 15) is 19.1 Å². The van der Waals surface area contributed by atoms with Crippen molar-refractivity contribution in [3.05, 3.63) is 75.3 Å². The van der Waals surface area contributed by atoms with E-state index in [1.54, 1.807) is 10.6 Å². The van der Waals surface area contributed by atoms with Crippen LogP contribution in [0, 0.1) is 5.82 Å². The molecule has 4 N–H and O–H groups in total. The lowest BCUT2D eigenvalue weighted by Crippen LogP contribution is -2.21. The third-order valence-corrected chi connectivity index (χ3v) is 6.04. The summed E-state index contributed by atoms with van der Waals surface area (Å²) in [7, 11) is 0. The predicted octanol–water partition coefficient (Wildman–Crippen LogP) is 3.52. The van der Waals surface area contributed by atoms with Crippen molar-refractivity contribution in [1.82, 2.24) is 9.88 Å². The van der Waals surface area contributed by atoms with E-state index >= 15 is 0 Å². The molecule has 0 aliphatic heterocycles. The summed E-state index contributed by atoms with van der Waals surface area (Å²) in [5.74, 6) is -1.45. The van der Waals surface area contributed by atoms with E-state index in [-0.39, 0.29) is 11.1 Å². The van der Waals surface area contributed by atoms with Crippen molar-refractivity contribution in [2.45, 2.75) is 44.7 Å². The number of fused-ring (bicyclic) bond motifs is 1. The molecule has 162 valence electrons. The highest BCUT2D eigenvalue weighted by atomic mass is 19.1.